The van der Waals surface area contributed by atoms with E-state index in [0.717, 1.165) is 0 Å². The fourth-order valence-electron chi connectivity index (χ4n) is 0.984. The molecule has 0 aliphatic heterocycles. The van der Waals surface area contributed by atoms with Gasteiger partial charge in [0.1, 0.15) is 5.75 Å². The second-order valence-electron chi connectivity index (χ2n) is 2.82. The van der Waals surface area contributed by atoms with Crippen LogP contribution >= 0.6 is 0 Å². The summed E-state index contributed by atoms with van der Waals surface area (Å²) in [5.74, 6) is 0.0376. The Morgan fingerprint density at radius 3 is 2.27 bits per heavy atom. The van der Waals surface area contributed by atoms with E-state index in [1.807, 2.05) is 13.8 Å². The van der Waals surface area contributed by atoms with Gasteiger partial charge in [-0.2, -0.15) is 0 Å². The van der Waals surface area contributed by atoms with Crippen LogP contribution in [0.1, 0.15) is 13.8 Å². The molecule has 0 atom stereocenters. The van der Waals surface area contributed by atoms with Crippen LogP contribution in [0.15, 0.2) is 18.2 Å². The largest absolute Gasteiger partial charge is 0.506 e. The quantitative estimate of drug-likeness (QED) is 0.603. The van der Waals surface area contributed by atoms with Crippen molar-refractivity contribution in [2.45, 2.75) is 13.8 Å². The Balaban J connectivity index is 0.000000921. The molecular formula is C10H16N2O3. The number of phenolic OH excluding ortho intramolecular Hbond substituents is 1. The van der Waals surface area contributed by atoms with E-state index in [2.05, 4.69) is 0 Å². The van der Waals surface area contributed by atoms with Gasteiger partial charge in [-0.05, 0) is 6.07 Å². The summed E-state index contributed by atoms with van der Waals surface area (Å²) < 4.78 is 0. The number of nitro benzene ring substituents is 1. The topological polar surface area (TPSA) is 66.6 Å². The Morgan fingerprint density at radius 2 is 1.87 bits per heavy atom. The highest BCUT2D eigenvalue weighted by Crippen LogP contribution is 2.29. The zero-order valence-electron chi connectivity index (χ0n) is 9.39. The molecule has 0 fully saturated rings. The van der Waals surface area contributed by atoms with Gasteiger partial charge in [-0.3, -0.25) is 10.1 Å². The lowest BCUT2D eigenvalue weighted by Gasteiger charge is -2.13. The van der Waals surface area contributed by atoms with E-state index in [4.69, 9.17) is 0 Å². The van der Waals surface area contributed by atoms with Crippen LogP contribution in [0.5, 0.6) is 5.75 Å². The molecule has 1 aromatic carbocycles. The predicted octanol–water partition coefficient (Wildman–Crippen LogP) is 2.39. The van der Waals surface area contributed by atoms with E-state index >= 15 is 0 Å². The van der Waals surface area contributed by atoms with E-state index in [1.54, 1.807) is 19.0 Å². The van der Waals surface area contributed by atoms with Crippen molar-refractivity contribution in [2.24, 2.45) is 0 Å². The molecular weight excluding hydrogens is 196 g/mol. The number of rotatable bonds is 2. The van der Waals surface area contributed by atoms with E-state index in [0.29, 0.717) is 5.69 Å². The SMILES string of the molecule is CC.CN(C)c1cc([N+](=O)[O-])ccc1O. The molecule has 0 radical (unpaired) electrons. The lowest BCUT2D eigenvalue weighted by atomic mass is 10.2. The number of phenols is 1. The summed E-state index contributed by atoms with van der Waals surface area (Å²) in [6.07, 6.45) is 0. The van der Waals surface area contributed by atoms with Crippen LogP contribution in [0.4, 0.5) is 11.4 Å². The van der Waals surface area contributed by atoms with Gasteiger partial charge >= 0.3 is 0 Å². The maximum absolute atomic E-state index is 10.4. The lowest BCUT2D eigenvalue weighted by molar-refractivity contribution is -0.384. The highest BCUT2D eigenvalue weighted by molar-refractivity contribution is 5.61. The zero-order valence-corrected chi connectivity index (χ0v) is 9.39. The van der Waals surface area contributed by atoms with Crippen molar-refractivity contribution in [3.63, 3.8) is 0 Å². The first kappa shape index (κ1) is 13.2. The van der Waals surface area contributed by atoms with Crippen LogP contribution in [-0.2, 0) is 0 Å². The molecule has 1 N–H and O–H groups in total. The molecule has 1 aromatic rings. The molecule has 5 nitrogen and oxygen atoms in total. The van der Waals surface area contributed by atoms with Crippen LogP contribution in [-0.4, -0.2) is 24.1 Å². The van der Waals surface area contributed by atoms with Gasteiger partial charge in [-0.25, -0.2) is 0 Å². The molecule has 0 unspecified atom stereocenters. The summed E-state index contributed by atoms with van der Waals surface area (Å²) in [5, 5.41) is 19.7. The molecule has 0 saturated heterocycles. The van der Waals surface area contributed by atoms with Gasteiger partial charge in [0, 0.05) is 26.2 Å². The van der Waals surface area contributed by atoms with Gasteiger partial charge in [-0.1, -0.05) is 13.8 Å². The predicted molar refractivity (Wildman–Crippen MR) is 60.4 cm³/mol. The monoisotopic (exact) mass is 212 g/mol. The van der Waals surface area contributed by atoms with Crippen LogP contribution in [0, 0.1) is 10.1 Å². The molecule has 0 heterocycles. The Labute approximate surface area is 89.1 Å². The summed E-state index contributed by atoms with van der Waals surface area (Å²) in [7, 11) is 3.41. The third kappa shape index (κ3) is 3.46. The molecule has 84 valence electrons. The van der Waals surface area contributed by atoms with Crippen molar-refractivity contribution in [3.8, 4) is 5.75 Å². The lowest BCUT2D eigenvalue weighted by Crippen LogP contribution is -2.08. The smallest absolute Gasteiger partial charge is 0.271 e. The first-order valence-corrected chi connectivity index (χ1v) is 4.67. The molecule has 0 aliphatic rings. The average molecular weight is 212 g/mol. The number of non-ortho nitro benzene ring substituents is 1. The highest BCUT2D eigenvalue weighted by atomic mass is 16.6. The molecule has 1 rings (SSSR count). The summed E-state index contributed by atoms with van der Waals surface area (Å²) in [6, 6.07) is 3.91. The Bertz CT molecular complexity index is 337. The number of aromatic hydroxyl groups is 1. The van der Waals surface area contributed by atoms with Gasteiger partial charge in [0.05, 0.1) is 10.6 Å². The van der Waals surface area contributed by atoms with E-state index in [9.17, 15) is 15.2 Å². The number of hydrogen-bond donors (Lipinski definition) is 1. The minimum Gasteiger partial charge on any atom is -0.506 e. The number of anilines is 1. The maximum Gasteiger partial charge on any atom is 0.271 e. The van der Waals surface area contributed by atoms with Gasteiger partial charge in [0.15, 0.2) is 0 Å². The van der Waals surface area contributed by atoms with Crippen molar-refractivity contribution >= 4 is 11.4 Å². The van der Waals surface area contributed by atoms with E-state index in [-0.39, 0.29) is 11.4 Å². The van der Waals surface area contributed by atoms with Crippen molar-refractivity contribution in [3.05, 3.63) is 28.3 Å². The fraction of sp³-hybridized carbons (Fsp3) is 0.400. The third-order valence-corrected chi connectivity index (χ3v) is 1.65. The van der Waals surface area contributed by atoms with Crippen LogP contribution in [0.2, 0.25) is 0 Å². The maximum atomic E-state index is 10.4. The Morgan fingerprint density at radius 1 is 1.33 bits per heavy atom. The minimum atomic E-state index is -0.494. The minimum absolute atomic E-state index is 0.0264. The highest BCUT2D eigenvalue weighted by Gasteiger charge is 2.10. The molecule has 0 spiro atoms. The van der Waals surface area contributed by atoms with Gasteiger partial charge in [0.25, 0.3) is 5.69 Å². The summed E-state index contributed by atoms with van der Waals surface area (Å²) >= 11 is 0. The molecule has 0 amide bonds. The average Bonchev–Trinajstić information content (AvgIpc) is 2.20. The van der Waals surface area contributed by atoms with E-state index < -0.39 is 4.92 Å². The van der Waals surface area contributed by atoms with Crippen LogP contribution < -0.4 is 4.90 Å². The van der Waals surface area contributed by atoms with Gasteiger partial charge in [-0.15, -0.1) is 0 Å². The molecule has 5 heteroatoms. The third-order valence-electron chi connectivity index (χ3n) is 1.65. The summed E-state index contributed by atoms with van der Waals surface area (Å²) in [5.41, 5.74) is 0.413. The van der Waals surface area contributed by atoms with E-state index in [1.165, 1.54) is 18.2 Å². The molecule has 15 heavy (non-hydrogen) atoms. The van der Waals surface area contributed by atoms with Crippen LogP contribution in [0.3, 0.4) is 0 Å². The Hall–Kier alpha value is -1.78. The molecule has 0 bridgehead atoms. The molecule has 0 aromatic heterocycles. The number of nitro groups is 1. The Kier molecular flexibility index (Phi) is 5.15. The van der Waals surface area contributed by atoms with Crippen molar-refractivity contribution < 1.29 is 10.0 Å². The van der Waals surface area contributed by atoms with Crippen LogP contribution in [0.25, 0.3) is 0 Å². The first-order chi connectivity index (χ1) is 7.02. The molecule has 0 aliphatic carbocycles. The molecule has 0 saturated carbocycles. The van der Waals surface area contributed by atoms with Crippen molar-refractivity contribution in [1.82, 2.24) is 0 Å². The normalized spacial score (nSPS) is 8.80. The van der Waals surface area contributed by atoms with Crippen molar-refractivity contribution in [1.29, 1.82) is 0 Å². The summed E-state index contributed by atoms with van der Waals surface area (Å²) in [4.78, 5) is 11.5. The number of hydrogen-bond acceptors (Lipinski definition) is 4. The summed E-state index contributed by atoms with van der Waals surface area (Å²) in [6.45, 7) is 4.00. The standard InChI is InChI=1S/C8H10N2O3.C2H6/c1-9(2)7-5-6(10(12)13)3-4-8(7)11;1-2/h3-5,11H,1-2H3;1-2H3. The first-order valence-electron chi connectivity index (χ1n) is 4.67. The van der Waals surface area contributed by atoms with Crippen molar-refractivity contribution in [2.75, 3.05) is 19.0 Å². The number of nitrogens with zero attached hydrogens (tertiary/aromatic N) is 2. The number of benzene rings is 1. The second kappa shape index (κ2) is 5.85. The van der Waals surface area contributed by atoms with Gasteiger partial charge in [0.2, 0.25) is 0 Å². The fourth-order valence-corrected chi connectivity index (χ4v) is 0.984. The second-order valence-corrected chi connectivity index (χ2v) is 2.82. The zero-order chi connectivity index (χ0) is 12.0. The van der Waals surface area contributed by atoms with Gasteiger partial charge < -0.3 is 10.0 Å².